The number of hydrogen-bond donors (Lipinski definition) is 1. The van der Waals surface area contributed by atoms with Gasteiger partial charge in [0.1, 0.15) is 9.77 Å². The molecular weight excluding hydrogens is 360 g/mol. The SMILES string of the molecule is Cc1ccccc1CNC(=O)c1sccc1S(=O)(=O)N1CCOCC1. The van der Waals surface area contributed by atoms with Gasteiger partial charge < -0.3 is 10.1 Å². The van der Waals surface area contributed by atoms with Crippen molar-refractivity contribution in [3.63, 3.8) is 0 Å². The number of thiophene rings is 1. The van der Waals surface area contributed by atoms with Crippen LogP contribution in [-0.4, -0.2) is 44.9 Å². The molecular formula is C17H20N2O4S2. The Morgan fingerprint density at radius 2 is 1.96 bits per heavy atom. The molecule has 1 aromatic carbocycles. The molecule has 0 bridgehead atoms. The number of hydrogen-bond acceptors (Lipinski definition) is 5. The van der Waals surface area contributed by atoms with E-state index in [2.05, 4.69) is 5.32 Å². The molecule has 1 amide bonds. The van der Waals surface area contributed by atoms with Crippen LogP contribution in [-0.2, 0) is 21.3 Å². The zero-order valence-corrected chi connectivity index (χ0v) is 15.5. The number of carbonyl (C=O) groups excluding carboxylic acids is 1. The number of sulfonamides is 1. The standard InChI is InChI=1S/C17H20N2O4S2/c1-13-4-2-3-5-14(13)12-18-17(20)16-15(6-11-24-16)25(21,22)19-7-9-23-10-8-19/h2-6,11H,7-10,12H2,1H3,(H,18,20). The van der Waals surface area contributed by atoms with E-state index in [1.165, 1.54) is 10.4 Å². The molecule has 6 nitrogen and oxygen atoms in total. The minimum absolute atomic E-state index is 0.0710. The van der Waals surface area contributed by atoms with Crippen LogP contribution in [0.2, 0.25) is 0 Å². The lowest BCUT2D eigenvalue weighted by Crippen LogP contribution is -2.41. The number of morpholine rings is 1. The Hall–Kier alpha value is -1.74. The van der Waals surface area contributed by atoms with E-state index < -0.39 is 10.0 Å². The van der Waals surface area contributed by atoms with E-state index in [9.17, 15) is 13.2 Å². The molecule has 25 heavy (non-hydrogen) atoms. The normalized spacial score (nSPS) is 15.9. The first-order chi connectivity index (χ1) is 12.0. The van der Waals surface area contributed by atoms with Crippen LogP contribution in [0.5, 0.6) is 0 Å². The molecule has 1 aromatic heterocycles. The third kappa shape index (κ3) is 3.92. The zero-order valence-electron chi connectivity index (χ0n) is 13.9. The van der Waals surface area contributed by atoms with Crippen molar-refractivity contribution in [1.29, 1.82) is 0 Å². The third-order valence-corrected chi connectivity index (χ3v) is 7.11. The van der Waals surface area contributed by atoms with E-state index in [4.69, 9.17) is 4.74 Å². The number of rotatable bonds is 5. The van der Waals surface area contributed by atoms with Crippen molar-refractivity contribution in [1.82, 2.24) is 9.62 Å². The van der Waals surface area contributed by atoms with E-state index in [1.807, 2.05) is 31.2 Å². The molecule has 1 N–H and O–H groups in total. The second-order valence-electron chi connectivity index (χ2n) is 5.74. The molecule has 1 fully saturated rings. The quantitative estimate of drug-likeness (QED) is 0.861. The lowest BCUT2D eigenvalue weighted by atomic mass is 10.1. The number of nitrogens with zero attached hydrogens (tertiary/aromatic N) is 1. The molecule has 3 rings (SSSR count). The molecule has 0 aliphatic carbocycles. The van der Waals surface area contributed by atoms with Crippen molar-refractivity contribution >= 4 is 27.3 Å². The minimum Gasteiger partial charge on any atom is -0.379 e. The van der Waals surface area contributed by atoms with Crippen LogP contribution in [0.4, 0.5) is 0 Å². The van der Waals surface area contributed by atoms with Crippen LogP contribution in [0.3, 0.4) is 0 Å². The van der Waals surface area contributed by atoms with Gasteiger partial charge in [-0.25, -0.2) is 8.42 Å². The first-order valence-electron chi connectivity index (χ1n) is 7.98. The van der Waals surface area contributed by atoms with Gasteiger partial charge in [0.2, 0.25) is 10.0 Å². The molecule has 1 aliphatic rings. The second-order valence-corrected chi connectivity index (χ2v) is 8.56. The highest BCUT2D eigenvalue weighted by atomic mass is 32.2. The van der Waals surface area contributed by atoms with Crippen molar-refractivity contribution < 1.29 is 17.9 Å². The van der Waals surface area contributed by atoms with Crippen LogP contribution in [0, 0.1) is 6.92 Å². The molecule has 0 radical (unpaired) electrons. The Balaban J connectivity index is 1.76. The Labute approximate surface area is 151 Å². The Kier molecular flexibility index (Phi) is 5.53. The van der Waals surface area contributed by atoms with Crippen molar-refractivity contribution in [2.45, 2.75) is 18.4 Å². The molecule has 0 saturated carbocycles. The first kappa shape index (κ1) is 18.1. The highest BCUT2D eigenvalue weighted by Crippen LogP contribution is 2.26. The summed E-state index contributed by atoms with van der Waals surface area (Å²) in [6.07, 6.45) is 0. The average Bonchev–Trinajstić information content (AvgIpc) is 3.12. The molecule has 134 valence electrons. The van der Waals surface area contributed by atoms with Gasteiger partial charge in [-0.2, -0.15) is 4.31 Å². The van der Waals surface area contributed by atoms with E-state index in [1.54, 1.807) is 5.38 Å². The van der Waals surface area contributed by atoms with Crippen LogP contribution >= 0.6 is 11.3 Å². The summed E-state index contributed by atoms with van der Waals surface area (Å²) in [5.41, 5.74) is 2.08. The molecule has 2 aromatic rings. The van der Waals surface area contributed by atoms with Crippen LogP contribution < -0.4 is 5.32 Å². The van der Waals surface area contributed by atoms with Gasteiger partial charge in [-0.15, -0.1) is 11.3 Å². The van der Waals surface area contributed by atoms with Gasteiger partial charge in [-0.3, -0.25) is 4.79 Å². The molecule has 2 heterocycles. The summed E-state index contributed by atoms with van der Waals surface area (Å²) in [5, 5.41) is 4.46. The lowest BCUT2D eigenvalue weighted by Gasteiger charge is -2.26. The van der Waals surface area contributed by atoms with Crippen molar-refractivity contribution in [2.24, 2.45) is 0 Å². The topological polar surface area (TPSA) is 75.7 Å². The molecule has 1 aliphatic heterocycles. The van der Waals surface area contributed by atoms with Gasteiger partial charge in [0.05, 0.1) is 13.2 Å². The fourth-order valence-corrected chi connectivity index (χ4v) is 5.38. The van der Waals surface area contributed by atoms with E-state index in [-0.39, 0.29) is 15.7 Å². The smallest absolute Gasteiger partial charge is 0.263 e. The van der Waals surface area contributed by atoms with Gasteiger partial charge in [0.15, 0.2) is 0 Å². The molecule has 8 heteroatoms. The predicted octanol–water partition coefficient (Wildman–Crippen LogP) is 2.01. The monoisotopic (exact) mass is 380 g/mol. The van der Waals surface area contributed by atoms with Gasteiger partial charge in [0, 0.05) is 19.6 Å². The summed E-state index contributed by atoms with van der Waals surface area (Å²) in [5.74, 6) is -0.370. The minimum atomic E-state index is -3.68. The summed E-state index contributed by atoms with van der Waals surface area (Å²) in [6.45, 7) is 3.70. The van der Waals surface area contributed by atoms with Gasteiger partial charge in [-0.1, -0.05) is 24.3 Å². The maximum absolute atomic E-state index is 12.8. The molecule has 0 atom stereocenters. The van der Waals surface area contributed by atoms with Crippen molar-refractivity contribution in [2.75, 3.05) is 26.3 Å². The van der Waals surface area contributed by atoms with E-state index in [0.717, 1.165) is 22.5 Å². The van der Waals surface area contributed by atoms with Gasteiger partial charge in [0.25, 0.3) is 5.91 Å². The number of nitrogens with one attached hydrogen (secondary N) is 1. The summed E-state index contributed by atoms with van der Waals surface area (Å²) >= 11 is 1.14. The Morgan fingerprint density at radius 3 is 2.68 bits per heavy atom. The molecule has 1 saturated heterocycles. The second kappa shape index (κ2) is 7.65. The van der Waals surface area contributed by atoms with Crippen LogP contribution in [0.25, 0.3) is 0 Å². The lowest BCUT2D eigenvalue weighted by molar-refractivity contribution is 0.0730. The van der Waals surface area contributed by atoms with Crippen LogP contribution in [0.15, 0.2) is 40.6 Å². The summed E-state index contributed by atoms with van der Waals surface area (Å²) < 4.78 is 32.2. The Morgan fingerprint density at radius 1 is 1.24 bits per heavy atom. The third-order valence-electron chi connectivity index (χ3n) is 4.12. The fourth-order valence-electron chi connectivity index (χ4n) is 2.66. The van der Waals surface area contributed by atoms with Gasteiger partial charge >= 0.3 is 0 Å². The number of ether oxygens (including phenoxy) is 1. The zero-order chi connectivity index (χ0) is 17.9. The maximum atomic E-state index is 12.8. The fraction of sp³-hybridized carbons (Fsp3) is 0.353. The first-order valence-corrected chi connectivity index (χ1v) is 10.3. The highest BCUT2D eigenvalue weighted by Gasteiger charge is 2.31. The van der Waals surface area contributed by atoms with E-state index >= 15 is 0 Å². The summed E-state index contributed by atoms with van der Waals surface area (Å²) in [7, 11) is -3.68. The molecule has 0 spiro atoms. The summed E-state index contributed by atoms with van der Waals surface area (Å²) in [6, 6.07) is 9.26. The number of benzene rings is 1. The number of carbonyl (C=O) groups is 1. The van der Waals surface area contributed by atoms with Crippen molar-refractivity contribution in [3.05, 3.63) is 51.7 Å². The van der Waals surface area contributed by atoms with Crippen LogP contribution in [0.1, 0.15) is 20.8 Å². The number of amides is 1. The van der Waals surface area contributed by atoms with Gasteiger partial charge in [-0.05, 0) is 29.5 Å². The average molecular weight is 380 g/mol. The molecule has 0 unspecified atom stereocenters. The van der Waals surface area contributed by atoms with E-state index in [0.29, 0.717) is 32.8 Å². The summed E-state index contributed by atoms with van der Waals surface area (Å²) in [4.78, 5) is 12.8. The Bertz CT molecular complexity index is 855. The highest BCUT2D eigenvalue weighted by molar-refractivity contribution is 7.89. The van der Waals surface area contributed by atoms with Crippen molar-refractivity contribution in [3.8, 4) is 0 Å². The largest absolute Gasteiger partial charge is 0.379 e. The maximum Gasteiger partial charge on any atom is 0.263 e. The number of aryl methyl sites for hydroxylation is 1. The predicted molar refractivity (Wildman–Crippen MR) is 96.2 cm³/mol.